The average Bonchev–Trinajstić information content (AvgIpc) is 2.55. The zero-order valence-corrected chi connectivity index (χ0v) is 14.9. The molecule has 1 fully saturated rings. The third-order valence-electron chi connectivity index (χ3n) is 4.94. The molecule has 1 aromatic carbocycles. The minimum Gasteiger partial charge on any atom is -0.390 e. The Morgan fingerprint density at radius 1 is 1.25 bits per heavy atom. The third kappa shape index (κ3) is 4.81. The lowest BCUT2D eigenvalue weighted by molar-refractivity contribution is -0.141. The van der Waals surface area contributed by atoms with Gasteiger partial charge in [0.25, 0.3) is 0 Å². The third-order valence-corrected chi connectivity index (χ3v) is 4.94. The van der Waals surface area contributed by atoms with Gasteiger partial charge in [0.2, 0.25) is 11.8 Å². The van der Waals surface area contributed by atoms with Crippen LogP contribution in [0.3, 0.4) is 0 Å². The van der Waals surface area contributed by atoms with Gasteiger partial charge in [0.1, 0.15) is 0 Å². The average molecular weight is 332 g/mol. The lowest BCUT2D eigenvalue weighted by Gasteiger charge is -2.43. The molecule has 1 aromatic rings. The van der Waals surface area contributed by atoms with Gasteiger partial charge in [0, 0.05) is 45.9 Å². The first-order chi connectivity index (χ1) is 11.3. The standard InChI is InChI=1S/C19H28N2O3/c1-19(24)11-12-21(18(23)10-9-17(22)20(2)3)14-16(19)13-15-7-5-4-6-8-15/h4-8,16,24H,9-14H2,1-3H3/t16-,19+/m1/s1. The van der Waals surface area contributed by atoms with Gasteiger partial charge < -0.3 is 14.9 Å². The largest absolute Gasteiger partial charge is 0.390 e. The van der Waals surface area contributed by atoms with Crippen molar-refractivity contribution in [1.29, 1.82) is 0 Å². The predicted molar refractivity (Wildman–Crippen MR) is 93.4 cm³/mol. The van der Waals surface area contributed by atoms with E-state index in [1.807, 2.05) is 37.3 Å². The zero-order valence-electron chi connectivity index (χ0n) is 14.9. The Bertz CT molecular complexity index is 569. The number of likely N-dealkylation sites (tertiary alicyclic amines) is 1. The lowest BCUT2D eigenvalue weighted by Crippen LogP contribution is -2.52. The van der Waals surface area contributed by atoms with Crippen molar-refractivity contribution in [2.45, 2.75) is 38.2 Å². The van der Waals surface area contributed by atoms with Crippen LogP contribution in [-0.4, -0.2) is 59.5 Å². The molecule has 0 radical (unpaired) electrons. The van der Waals surface area contributed by atoms with Crippen molar-refractivity contribution in [3.05, 3.63) is 35.9 Å². The Kier molecular flexibility index (Phi) is 5.99. The molecule has 0 unspecified atom stereocenters. The number of hydrogen-bond acceptors (Lipinski definition) is 3. The van der Waals surface area contributed by atoms with Gasteiger partial charge in [-0.05, 0) is 25.3 Å². The summed E-state index contributed by atoms with van der Waals surface area (Å²) in [5.74, 6) is -0.0332. The summed E-state index contributed by atoms with van der Waals surface area (Å²) in [5.41, 5.74) is 0.395. The molecule has 1 saturated heterocycles. The summed E-state index contributed by atoms with van der Waals surface area (Å²) in [7, 11) is 3.39. The summed E-state index contributed by atoms with van der Waals surface area (Å²) in [6, 6.07) is 10.0. The van der Waals surface area contributed by atoms with Crippen LogP contribution in [0.4, 0.5) is 0 Å². The van der Waals surface area contributed by atoms with Crippen molar-refractivity contribution in [3.63, 3.8) is 0 Å². The molecular weight excluding hydrogens is 304 g/mol. The SMILES string of the molecule is CN(C)C(=O)CCC(=O)N1CC[C@](C)(O)[C@H](Cc2ccccc2)C1. The van der Waals surface area contributed by atoms with Crippen molar-refractivity contribution < 1.29 is 14.7 Å². The fourth-order valence-electron chi connectivity index (χ4n) is 3.12. The molecule has 1 heterocycles. The number of aliphatic hydroxyl groups is 1. The van der Waals surface area contributed by atoms with Crippen molar-refractivity contribution in [3.8, 4) is 0 Å². The van der Waals surface area contributed by atoms with Gasteiger partial charge in [0.05, 0.1) is 5.60 Å². The van der Waals surface area contributed by atoms with Gasteiger partial charge in [-0.1, -0.05) is 30.3 Å². The number of nitrogens with zero attached hydrogens (tertiary/aromatic N) is 2. The molecule has 5 nitrogen and oxygen atoms in total. The summed E-state index contributed by atoms with van der Waals surface area (Å²) in [6.45, 7) is 2.95. The smallest absolute Gasteiger partial charge is 0.223 e. The van der Waals surface area contributed by atoms with Crippen LogP contribution in [0.1, 0.15) is 31.7 Å². The molecule has 24 heavy (non-hydrogen) atoms. The minimum atomic E-state index is -0.772. The lowest BCUT2D eigenvalue weighted by atomic mass is 9.78. The van der Waals surface area contributed by atoms with Gasteiger partial charge in [-0.3, -0.25) is 9.59 Å². The number of rotatable bonds is 5. The van der Waals surface area contributed by atoms with E-state index in [0.717, 1.165) is 6.42 Å². The summed E-state index contributed by atoms with van der Waals surface area (Å²) in [6.07, 6.45) is 1.78. The molecule has 1 aliphatic rings. The van der Waals surface area contributed by atoms with Crippen molar-refractivity contribution >= 4 is 11.8 Å². The maximum Gasteiger partial charge on any atom is 0.223 e. The van der Waals surface area contributed by atoms with E-state index in [2.05, 4.69) is 0 Å². The van der Waals surface area contributed by atoms with Gasteiger partial charge in [0.15, 0.2) is 0 Å². The summed E-state index contributed by atoms with van der Waals surface area (Å²) < 4.78 is 0. The van der Waals surface area contributed by atoms with E-state index in [0.29, 0.717) is 19.5 Å². The second-order valence-electron chi connectivity index (χ2n) is 7.12. The van der Waals surface area contributed by atoms with Crippen LogP contribution in [0.15, 0.2) is 30.3 Å². The summed E-state index contributed by atoms with van der Waals surface area (Å²) in [4.78, 5) is 27.4. The molecule has 0 spiro atoms. The molecule has 0 bridgehead atoms. The molecule has 132 valence electrons. The first-order valence-electron chi connectivity index (χ1n) is 8.54. The molecule has 2 atom stereocenters. The van der Waals surface area contributed by atoms with E-state index >= 15 is 0 Å². The molecule has 1 N–H and O–H groups in total. The maximum atomic E-state index is 12.4. The molecule has 0 saturated carbocycles. The van der Waals surface area contributed by atoms with Crippen molar-refractivity contribution in [2.75, 3.05) is 27.2 Å². The van der Waals surface area contributed by atoms with Crippen LogP contribution in [0.2, 0.25) is 0 Å². The highest BCUT2D eigenvalue weighted by Crippen LogP contribution is 2.30. The van der Waals surface area contributed by atoms with Crippen LogP contribution in [0, 0.1) is 5.92 Å². The molecular formula is C19H28N2O3. The van der Waals surface area contributed by atoms with Crippen LogP contribution in [-0.2, 0) is 16.0 Å². The summed E-state index contributed by atoms with van der Waals surface area (Å²) in [5, 5.41) is 10.7. The molecule has 0 aliphatic carbocycles. The highest BCUT2D eigenvalue weighted by atomic mass is 16.3. The molecule has 5 heteroatoms. The zero-order chi connectivity index (χ0) is 17.7. The van der Waals surface area contributed by atoms with E-state index in [-0.39, 0.29) is 30.6 Å². The van der Waals surface area contributed by atoms with Crippen LogP contribution >= 0.6 is 0 Å². The fraction of sp³-hybridized carbons (Fsp3) is 0.579. The first-order valence-corrected chi connectivity index (χ1v) is 8.54. The number of amides is 2. The molecule has 1 aliphatic heterocycles. The topological polar surface area (TPSA) is 60.9 Å². The van der Waals surface area contributed by atoms with Gasteiger partial charge in [-0.25, -0.2) is 0 Å². The quantitative estimate of drug-likeness (QED) is 0.893. The Morgan fingerprint density at radius 2 is 1.92 bits per heavy atom. The van der Waals surface area contributed by atoms with E-state index < -0.39 is 5.60 Å². The minimum absolute atomic E-state index is 0.00115. The number of carbonyl (C=O) groups is 2. The van der Waals surface area contributed by atoms with Gasteiger partial charge in [-0.2, -0.15) is 0 Å². The first kappa shape index (κ1) is 18.5. The fourth-order valence-corrected chi connectivity index (χ4v) is 3.12. The Hall–Kier alpha value is -1.88. The predicted octanol–water partition coefficient (Wildman–Crippen LogP) is 1.70. The molecule has 2 amide bonds. The maximum absolute atomic E-state index is 12.4. The second kappa shape index (κ2) is 7.79. The van der Waals surface area contributed by atoms with E-state index in [4.69, 9.17) is 0 Å². The van der Waals surface area contributed by atoms with Gasteiger partial charge in [-0.15, -0.1) is 0 Å². The number of carbonyl (C=O) groups excluding carboxylic acids is 2. The normalized spacial score (nSPS) is 23.8. The number of benzene rings is 1. The highest BCUT2D eigenvalue weighted by Gasteiger charge is 2.38. The van der Waals surface area contributed by atoms with E-state index in [9.17, 15) is 14.7 Å². The number of hydrogen-bond donors (Lipinski definition) is 1. The van der Waals surface area contributed by atoms with E-state index in [1.165, 1.54) is 10.5 Å². The monoisotopic (exact) mass is 332 g/mol. The van der Waals surface area contributed by atoms with Crippen LogP contribution in [0.25, 0.3) is 0 Å². The molecule has 2 rings (SSSR count). The Morgan fingerprint density at radius 3 is 2.54 bits per heavy atom. The van der Waals surface area contributed by atoms with Crippen LogP contribution in [0.5, 0.6) is 0 Å². The van der Waals surface area contributed by atoms with Gasteiger partial charge >= 0.3 is 0 Å². The second-order valence-corrected chi connectivity index (χ2v) is 7.12. The Balaban J connectivity index is 1.96. The number of piperidine rings is 1. The molecule has 0 aromatic heterocycles. The highest BCUT2D eigenvalue weighted by molar-refractivity contribution is 5.83. The van der Waals surface area contributed by atoms with Crippen molar-refractivity contribution in [2.24, 2.45) is 5.92 Å². The van der Waals surface area contributed by atoms with Crippen LogP contribution < -0.4 is 0 Å². The summed E-state index contributed by atoms with van der Waals surface area (Å²) >= 11 is 0. The van der Waals surface area contributed by atoms with Crippen molar-refractivity contribution in [1.82, 2.24) is 9.80 Å². The van der Waals surface area contributed by atoms with E-state index in [1.54, 1.807) is 19.0 Å². The Labute approximate surface area is 144 Å².